The van der Waals surface area contributed by atoms with Crippen LogP contribution < -0.4 is 0 Å². The van der Waals surface area contributed by atoms with Gasteiger partial charge in [0.05, 0.1) is 22.1 Å². The predicted molar refractivity (Wildman–Crippen MR) is 201 cm³/mol. The van der Waals surface area contributed by atoms with Crippen molar-refractivity contribution < 1.29 is 22.0 Å². The van der Waals surface area contributed by atoms with Gasteiger partial charge in [0.15, 0.2) is 5.41 Å². The predicted octanol–water partition coefficient (Wildman–Crippen LogP) is 12.7. The Hall–Kier alpha value is -5.43. The zero-order valence-electron chi connectivity index (χ0n) is 29.6. The molecule has 260 valence electrons. The Morgan fingerprint density at radius 3 is 1.42 bits per heavy atom. The average Bonchev–Trinajstić information content (AvgIpc) is 3.56. The van der Waals surface area contributed by atoms with Crippen molar-refractivity contribution in [2.24, 2.45) is 0 Å². The van der Waals surface area contributed by atoms with E-state index in [1.165, 1.54) is 36.4 Å². The van der Waals surface area contributed by atoms with Crippen molar-refractivity contribution in [3.63, 3.8) is 0 Å². The minimum atomic E-state index is -5.27. The van der Waals surface area contributed by atoms with E-state index in [9.17, 15) is 0 Å². The maximum absolute atomic E-state index is 16.7. The van der Waals surface area contributed by atoms with Crippen LogP contribution >= 0.6 is 0 Å². The van der Waals surface area contributed by atoms with Gasteiger partial charge >= 0.3 is 6.18 Å². The molecule has 0 bridgehead atoms. The largest absolute Gasteiger partial charge is 0.408 e. The molecule has 0 radical (unpaired) electrons. The van der Waals surface area contributed by atoms with Gasteiger partial charge in [-0.1, -0.05) is 54.6 Å². The molecule has 2 heterocycles. The van der Waals surface area contributed by atoms with Crippen LogP contribution in [0.25, 0.3) is 55.0 Å². The van der Waals surface area contributed by atoms with Crippen molar-refractivity contribution in [1.82, 2.24) is 9.13 Å². The summed E-state index contributed by atoms with van der Waals surface area (Å²) < 4.78 is 83.4. The fourth-order valence-corrected chi connectivity index (χ4v) is 9.09. The van der Waals surface area contributed by atoms with Crippen molar-refractivity contribution in [3.8, 4) is 11.4 Å². The van der Waals surface area contributed by atoms with E-state index in [4.69, 9.17) is 0 Å². The second-order valence-corrected chi connectivity index (χ2v) is 14.8. The summed E-state index contributed by atoms with van der Waals surface area (Å²) in [6.07, 6.45) is -5.27. The highest BCUT2D eigenvalue weighted by Gasteiger charge is 2.79. The SMILES string of the molecule is Cc1ccc2c3c(C)cc(C)cc3n(-c3ccc(C4(C(F)(F)F)c5ccc(-n6c7cc(C)ccc7c7c(C)cc(C)cc76)cc5C4(F)F)cc3)c2c1. The summed E-state index contributed by atoms with van der Waals surface area (Å²) >= 11 is 0. The molecule has 9 rings (SSSR count). The van der Waals surface area contributed by atoms with E-state index in [2.05, 4.69) is 24.3 Å². The quantitative estimate of drug-likeness (QED) is 0.163. The summed E-state index contributed by atoms with van der Waals surface area (Å²) in [5.41, 5.74) is 5.61. The van der Waals surface area contributed by atoms with Gasteiger partial charge in [0, 0.05) is 38.5 Å². The van der Waals surface area contributed by atoms with Crippen molar-refractivity contribution in [1.29, 1.82) is 0 Å². The van der Waals surface area contributed by atoms with E-state index in [0.717, 1.165) is 77.0 Å². The topological polar surface area (TPSA) is 9.86 Å². The second-order valence-electron chi connectivity index (χ2n) is 14.8. The number of rotatable bonds is 3. The molecule has 0 N–H and O–H groups in total. The third-order valence-corrected chi connectivity index (χ3v) is 11.2. The molecule has 0 saturated heterocycles. The van der Waals surface area contributed by atoms with E-state index < -0.39 is 34.2 Å². The van der Waals surface area contributed by atoms with Crippen LogP contribution in [-0.4, -0.2) is 15.3 Å². The van der Waals surface area contributed by atoms with E-state index in [1.54, 1.807) is 6.07 Å². The van der Waals surface area contributed by atoms with Crippen LogP contribution in [0, 0.1) is 41.5 Å². The van der Waals surface area contributed by atoms with Crippen molar-refractivity contribution in [2.75, 3.05) is 0 Å². The van der Waals surface area contributed by atoms with E-state index in [-0.39, 0.29) is 0 Å². The lowest BCUT2D eigenvalue weighted by molar-refractivity contribution is -0.267. The van der Waals surface area contributed by atoms with Crippen LogP contribution in [-0.2, 0) is 11.3 Å². The van der Waals surface area contributed by atoms with Gasteiger partial charge in [0.25, 0.3) is 5.92 Å². The maximum atomic E-state index is 16.7. The second kappa shape index (κ2) is 10.6. The first kappa shape index (κ1) is 32.5. The van der Waals surface area contributed by atoms with Crippen LogP contribution in [0.4, 0.5) is 22.0 Å². The molecule has 1 atom stereocenters. The Kier molecular flexibility index (Phi) is 6.60. The Bertz CT molecular complexity index is 2820. The molecule has 7 heteroatoms. The molecule has 0 saturated carbocycles. The van der Waals surface area contributed by atoms with Gasteiger partial charge in [-0.05, 0) is 135 Å². The Balaban J connectivity index is 1.23. The third kappa shape index (κ3) is 4.10. The Labute approximate surface area is 297 Å². The van der Waals surface area contributed by atoms with Crippen LogP contribution in [0.2, 0.25) is 0 Å². The summed E-state index contributed by atoms with van der Waals surface area (Å²) in [6.45, 7) is 12.0. The fraction of sp³-hybridized carbons (Fsp3) is 0.200. The lowest BCUT2D eigenvalue weighted by Gasteiger charge is -2.51. The molecule has 52 heavy (non-hydrogen) atoms. The summed E-state index contributed by atoms with van der Waals surface area (Å²) in [7, 11) is 0. The summed E-state index contributed by atoms with van der Waals surface area (Å²) in [5.74, 6) is -4.23. The lowest BCUT2D eigenvalue weighted by atomic mass is 9.56. The lowest BCUT2D eigenvalue weighted by Crippen LogP contribution is -2.62. The molecule has 8 aromatic rings. The number of halogens is 5. The van der Waals surface area contributed by atoms with Gasteiger partial charge in [0.2, 0.25) is 0 Å². The van der Waals surface area contributed by atoms with Gasteiger partial charge in [0.1, 0.15) is 0 Å². The zero-order chi connectivity index (χ0) is 36.6. The molecule has 2 nitrogen and oxygen atoms in total. The first-order valence-corrected chi connectivity index (χ1v) is 17.4. The van der Waals surface area contributed by atoms with Crippen LogP contribution in [0.5, 0.6) is 0 Å². The standard InChI is InChI=1S/C45H35F5N2/c1-24-7-14-33-37(19-24)51(39-21-26(3)17-28(5)41(33)39)31-11-9-30(10-12-31)43(45(48,49)50)35-16-13-32(23-36(35)44(43,46)47)52-38-20-25(2)8-15-34(38)42-29(6)18-27(4)22-40(42)52/h7-23H,1-6H3. The smallest absolute Gasteiger partial charge is 0.309 e. The molecule has 1 unspecified atom stereocenters. The molecular formula is C45H35F5N2. The van der Waals surface area contributed by atoms with Crippen LogP contribution in [0.15, 0.2) is 103 Å². The molecule has 1 aliphatic rings. The van der Waals surface area contributed by atoms with Gasteiger partial charge in [-0.2, -0.15) is 22.0 Å². The van der Waals surface area contributed by atoms with Gasteiger partial charge in [-0.3, -0.25) is 0 Å². The average molecular weight is 699 g/mol. The highest BCUT2D eigenvalue weighted by atomic mass is 19.4. The highest BCUT2D eigenvalue weighted by molar-refractivity contribution is 6.12. The van der Waals surface area contributed by atoms with Crippen molar-refractivity contribution >= 4 is 43.6 Å². The van der Waals surface area contributed by atoms with Crippen LogP contribution in [0.3, 0.4) is 0 Å². The van der Waals surface area contributed by atoms with Gasteiger partial charge < -0.3 is 9.13 Å². The number of alkyl halides is 5. The number of hydrogen-bond donors (Lipinski definition) is 0. The molecule has 0 amide bonds. The van der Waals surface area contributed by atoms with Crippen LogP contribution in [0.1, 0.15) is 50.1 Å². The fourth-order valence-electron chi connectivity index (χ4n) is 9.09. The molecule has 1 aliphatic carbocycles. The minimum Gasteiger partial charge on any atom is -0.309 e. The Morgan fingerprint density at radius 2 is 0.923 bits per heavy atom. The van der Waals surface area contributed by atoms with Gasteiger partial charge in [-0.25, -0.2) is 0 Å². The zero-order valence-corrected chi connectivity index (χ0v) is 29.6. The molecule has 0 aliphatic heterocycles. The number of fused-ring (bicyclic) bond motifs is 7. The number of benzene rings is 6. The normalized spacial score (nSPS) is 17.0. The van der Waals surface area contributed by atoms with Crippen molar-refractivity contribution in [2.45, 2.75) is 59.1 Å². The molecule has 2 aromatic heterocycles. The number of nitrogens with zero attached hydrogens (tertiary/aromatic N) is 2. The first-order chi connectivity index (χ1) is 24.6. The number of aryl methyl sites for hydroxylation is 6. The highest BCUT2D eigenvalue weighted by Crippen LogP contribution is 2.68. The molecule has 6 aromatic carbocycles. The number of hydrogen-bond acceptors (Lipinski definition) is 0. The van der Waals surface area contributed by atoms with E-state index in [1.807, 2.05) is 87.1 Å². The monoisotopic (exact) mass is 698 g/mol. The molecule has 0 spiro atoms. The number of aromatic nitrogens is 2. The van der Waals surface area contributed by atoms with Gasteiger partial charge in [-0.15, -0.1) is 0 Å². The van der Waals surface area contributed by atoms with Crippen molar-refractivity contribution in [3.05, 3.63) is 153 Å². The summed E-state index contributed by atoms with van der Waals surface area (Å²) in [5, 5.41) is 4.02. The first-order valence-electron chi connectivity index (χ1n) is 17.4. The van der Waals surface area contributed by atoms with E-state index >= 15 is 22.0 Å². The third-order valence-electron chi connectivity index (χ3n) is 11.2. The maximum Gasteiger partial charge on any atom is 0.408 e. The Morgan fingerprint density at radius 1 is 0.462 bits per heavy atom. The molecular weight excluding hydrogens is 663 g/mol. The summed E-state index contributed by atoms with van der Waals surface area (Å²) in [4.78, 5) is 0. The van der Waals surface area contributed by atoms with E-state index in [0.29, 0.717) is 11.4 Å². The molecule has 0 fully saturated rings. The minimum absolute atomic E-state index is 0.396. The summed E-state index contributed by atoms with van der Waals surface area (Å²) in [6, 6.07) is 30.0.